The lowest BCUT2D eigenvalue weighted by Gasteiger charge is -2.19. The molecular weight excluding hydrogens is 368 g/mol. The van der Waals surface area contributed by atoms with E-state index < -0.39 is 0 Å². The van der Waals surface area contributed by atoms with Crippen LogP contribution < -0.4 is 5.32 Å². The summed E-state index contributed by atoms with van der Waals surface area (Å²) in [6.07, 6.45) is 0. The van der Waals surface area contributed by atoms with E-state index in [9.17, 15) is 9.59 Å². The molecule has 1 N–H and O–H groups in total. The third-order valence-corrected chi connectivity index (χ3v) is 4.94. The number of hydrogen-bond acceptors (Lipinski definition) is 4. The van der Waals surface area contributed by atoms with Gasteiger partial charge in [-0.1, -0.05) is 11.2 Å². The summed E-state index contributed by atoms with van der Waals surface area (Å²) >= 11 is 0. The van der Waals surface area contributed by atoms with Gasteiger partial charge in [0.2, 0.25) is 0 Å². The maximum Gasteiger partial charge on any atom is 0.257 e. The first-order valence-corrected chi connectivity index (χ1v) is 9.69. The van der Waals surface area contributed by atoms with Crippen molar-refractivity contribution in [1.82, 2.24) is 14.6 Å². The van der Waals surface area contributed by atoms with Crippen LogP contribution in [0.2, 0.25) is 0 Å². The van der Waals surface area contributed by atoms with Gasteiger partial charge in [-0.25, -0.2) is 0 Å². The van der Waals surface area contributed by atoms with Gasteiger partial charge in [0.05, 0.1) is 5.56 Å². The third-order valence-electron chi connectivity index (χ3n) is 4.94. The second-order valence-electron chi connectivity index (χ2n) is 6.93. The van der Waals surface area contributed by atoms with Crippen LogP contribution in [0.3, 0.4) is 0 Å². The number of aryl methyl sites for hydroxylation is 2. The molecule has 2 heterocycles. The number of carbonyl (C=O) groups is 2. The zero-order valence-corrected chi connectivity index (χ0v) is 17.4. The number of amides is 2. The summed E-state index contributed by atoms with van der Waals surface area (Å²) in [6, 6.07) is 10.7. The van der Waals surface area contributed by atoms with Gasteiger partial charge < -0.3 is 14.7 Å². The molecule has 2 aromatic heterocycles. The van der Waals surface area contributed by atoms with E-state index in [1.807, 2.05) is 51.3 Å². The van der Waals surface area contributed by atoms with E-state index in [1.54, 1.807) is 29.2 Å². The van der Waals surface area contributed by atoms with Crippen molar-refractivity contribution >= 4 is 17.5 Å². The van der Waals surface area contributed by atoms with Crippen LogP contribution in [0.1, 0.15) is 51.7 Å². The zero-order valence-electron chi connectivity index (χ0n) is 17.4. The van der Waals surface area contributed by atoms with Crippen LogP contribution in [0, 0.1) is 20.8 Å². The number of carbonyl (C=O) groups excluding carboxylic acids is 2. The molecule has 1 aromatic carbocycles. The van der Waals surface area contributed by atoms with Gasteiger partial charge in [0.15, 0.2) is 5.82 Å². The van der Waals surface area contributed by atoms with Crippen LogP contribution in [0.4, 0.5) is 5.69 Å². The van der Waals surface area contributed by atoms with Gasteiger partial charge in [-0.15, -0.1) is 0 Å². The van der Waals surface area contributed by atoms with E-state index in [0.717, 1.165) is 11.4 Å². The predicted octanol–water partition coefficient (Wildman–Crippen LogP) is 4.12. The summed E-state index contributed by atoms with van der Waals surface area (Å²) in [7, 11) is 0. The minimum atomic E-state index is -0.239. The highest BCUT2D eigenvalue weighted by Crippen LogP contribution is 2.22. The molecule has 7 nitrogen and oxygen atoms in total. The minimum absolute atomic E-state index is 0.0503. The Labute approximate surface area is 170 Å². The molecule has 0 fully saturated rings. The molecule has 0 radical (unpaired) electrons. The largest absolute Gasteiger partial charge is 0.360 e. The van der Waals surface area contributed by atoms with Crippen molar-refractivity contribution in [3.63, 3.8) is 0 Å². The third kappa shape index (κ3) is 4.08. The Kier molecular flexibility index (Phi) is 5.87. The highest BCUT2D eigenvalue weighted by atomic mass is 16.5. The highest BCUT2D eigenvalue weighted by Gasteiger charge is 2.19. The lowest BCUT2D eigenvalue weighted by Crippen LogP contribution is -2.30. The molecule has 0 saturated carbocycles. The number of anilines is 1. The van der Waals surface area contributed by atoms with Crippen molar-refractivity contribution in [2.75, 3.05) is 18.4 Å². The lowest BCUT2D eigenvalue weighted by atomic mass is 10.1. The van der Waals surface area contributed by atoms with Gasteiger partial charge >= 0.3 is 0 Å². The number of nitrogens with zero attached hydrogens (tertiary/aromatic N) is 3. The summed E-state index contributed by atoms with van der Waals surface area (Å²) in [6.45, 7) is 10.8. The normalized spacial score (nSPS) is 10.8. The first kappa shape index (κ1) is 20.4. The van der Waals surface area contributed by atoms with Gasteiger partial charge in [0, 0.05) is 41.8 Å². The van der Waals surface area contributed by atoms with E-state index in [0.29, 0.717) is 41.5 Å². The van der Waals surface area contributed by atoms with E-state index >= 15 is 0 Å². The number of nitrogens with one attached hydrogen (secondary N) is 1. The second-order valence-corrected chi connectivity index (χ2v) is 6.93. The van der Waals surface area contributed by atoms with Crippen molar-refractivity contribution in [3.05, 3.63) is 64.7 Å². The average molecular weight is 394 g/mol. The van der Waals surface area contributed by atoms with Crippen LogP contribution in [0.25, 0.3) is 5.82 Å². The fraction of sp³-hybridized carbons (Fsp3) is 0.318. The molecule has 0 bridgehead atoms. The van der Waals surface area contributed by atoms with Crippen molar-refractivity contribution in [1.29, 1.82) is 0 Å². The molecular formula is C22H26N4O3. The Morgan fingerprint density at radius 2 is 1.83 bits per heavy atom. The molecule has 0 aliphatic rings. The first-order chi connectivity index (χ1) is 13.8. The highest BCUT2D eigenvalue weighted by molar-refractivity contribution is 6.06. The van der Waals surface area contributed by atoms with Crippen molar-refractivity contribution < 1.29 is 14.1 Å². The lowest BCUT2D eigenvalue weighted by molar-refractivity contribution is 0.0772. The standard InChI is InChI=1S/C22H26N4O3/c1-6-25(7-2)22(28)17-9-8-10-18(13-17)23-21(27)19-11-14(3)26(16(19)5)20-12-15(4)29-24-20/h8-13H,6-7H2,1-5H3,(H,23,27). The number of hydrogen-bond donors (Lipinski definition) is 1. The number of rotatable bonds is 6. The van der Waals surface area contributed by atoms with Crippen LogP contribution >= 0.6 is 0 Å². The van der Waals surface area contributed by atoms with Gasteiger partial charge in [0.25, 0.3) is 11.8 Å². The monoisotopic (exact) mass is 394 g/mol. The Morgan fingerprint density at radius 1 is 1.10 bits per heavy atom. The summed E-state index contributed by atoms with van der Waals surface area (Å²) in [5, 5.41) is 6.94. The Morgan fingerprint density at radius 3 is 2.45 bits per heavy atom. The zero-order chi connectivity index (χ0) is 21.1. The summed E-state index contributed by atoms with van der Waals surface area (Å²) < 4.78 is 7.04. The molecule has 0 aliphatic carbocycles. The Bertz CT molecular complexity index is 1040. The van der Waals surface area contributed by atoms with E-state index in [2.05, 4.69) is 10.5 Å². The predicted molar refractivity (Wildman–Crippen MR) is 112 cm³/mol. The molecule has 29 heavy (non-hydrogen) atoms. The molecule has 3 aromatic rings. The second kappa shape index (κ2) is 8.34. The van der Waals surface area contributed by atoms with Crippen LogP contribution in [0.15, 0.2) is 40.9 Å². The van der Waals surface area contributed by atoms with E-state index in [-0.39, 0.29) is 11.8 Å². The van der Waals surface area contributed by atoms with Crippen molar-refractivity contribution in [2.45, 2.75) is 34.6 Å². The maximum atomic E-state index is 12.9. The minimum Gasteiger partial charge on any atom is -0.360 e. The molecule has 152 valence electrons. The summed E-state index contributed by atoms with van der Waals surface area (Å²) in [5.74, 6) is 1.05. The molecule has 2 amide bonds. The molecule has 0 saturated heterocycles. The Balaban J connectivity index is 1.85. The molecule has 0 unspecified atom stereocenters. The topological polar surface area (TPSA) is 80.4 Å². The maximum absolute atomic E-state index is 12.9. The average Bonchev–Trinajstić information content (AvgIpc) is 3.25. The van der Waals surface area contributed by atoms with Gasteiger partial charge in [0.1, 0.15) is 5.76 Å². The van der Waals surface area contributed by atoms with Crippen LogP contribution in [0.5, 0.6) is 0 Å². The summed E-state index contributed by atoms with van der Waals surface area (Å²) in [4.78, 5) is 27.2. The smallest absolute Gasteiger partial charge is 0.257 e. The number of benzene rings is 1. The molecule has 0 spiro atoms. The molecule has 7 heteroatoms. The van der Waals surface area contributed by atoms with Gasteiger partial charge in [-0.2, -0.15) is 0 Å². The fourth-order valence-corrected chi connectivity index (χ4v) is 3.43. The summed E-state index contributed by atoms with van der Waals surface area (Å²) in [5.41, 5.74) is 3.32. The first-order valence-electron chi connectivity index (χ1n) is 9.69. The van der Waals surface area contributed by atoms with Gasteiger partial charge in [-0.3, -0.25) is 14.2 Å². The fourth-order valence-electron chi connectivity index (χ4n) is 3.43. The number of aromatic nitrogens is 2. The van der Waals surface area contributed by atoms with E-state index in [4.69, 9.17) is 4.52 Å². The molecule has 0 aliphatic heterocycles. The van der Waals surface area contributed by atoms with Gasteiger partial charge in [-0.05, 0) is 58.9 Å². The van der Waals surface area contributed by atoms with Crippen LogP contribution in [-0.4, -0.2) is 39.5 Å². The molecule has 0 atom stereocenters. The van der Waals surface area contributed by atoms with Crippen molar-refractivity contribution in [2.24, 2.45) is 0 Å². The van der Waals surface area contributed by atoms with E-state index in [1.165, 1.54) is 0 Å². The van der Waals surface area contributed by atoms with Crippen LogP contribution in [-0.2, 0) is 0 Å². The molecule has 3 rings (SSSR count). The SMILES string of the molecule is CCN(CC)C(=O)c1cccc(NC(=O)c2cc(C)n(-c3cc(C)on3)c2C)c1. The Hall–Kier alpha value is -3.35. The quantitative estimate of drug-likeness (QED) is 0.682. The van der Waals surface area contributed by atoms with Crippen molar-refractivity contribution in [3.8, 4) is 5.82 Å².